The molecule has 0 aliphatic carbocycles. The summed E-state index contributed by atoms with van der Waals surface area (Å²) in [7, 11) is 0. The average molecular weight is 230 g/mol. The minimum atomic E-state index is -0.0937. The van der Waals surface area contributed by atoms with Crippen molar-refractivity contribution in [2.75, 3.05) is 6.61 Å². The lowest BCUT2D eigenvalue weighted by Crippen LogP contribution is -2.14. The smallest absolute Gasteiger partial charge is 0.223 e. The van der Waals surface area contributed by atoms with E-state index in [1.54, 1.807) is 12.3 Å². The van der Waals surface area contributed by atoms with E-state index < -0.39 is 0 Å². The zero-order valence-electron chi connectivity index (χ0n) is 9.12. The van der Waals surface area contributed by atoms with Crippen LogP contribution in [0.25, 0.3) is 0 Å². The van der Waals surface area contributed by atoms with Gasteiger partial charge >= 0.3 is 0 Å². The fourth-order valence-corrected chi connectivity index (χ4v) is 1.55. The van der Waals surface area contributed by atoms with Gasteiger partial charge in [0.1, 0.15) is 0 Å². The van der Waals surface area contributed by atoms with Gasteiger partial charge < -0.3 is 9.30 Å². The fraction of sp³-hybridized carbons (Fsp3) is 0.545. The van der Waals surface area contributed by atoms with Crippen LogP contribution in [0.3, 0.4) is 0 Å². The Morgan fingerprint density at radius 1 is 1.47 bits per heavy atom. The normalized spacial score (nSPS) is 10.3. The van der Waals surface area contributed by atoms with Gasteiger partial charge in [0, 0.05) is 18.3 Å². The lowest BCUT2D eigenvalue weighted by atomic mass is 10.3. The van der Waals surface area contributed by atoms with Gasteiger partial charge in [0.05, 0.1) is 18.7 Å². The first-order chi connectivity index (χ1) is 7.22. The maximum absolute atomic E-state index is 11.6. The first-order valence-electron chi connectivity index (χ1n) is 5.15. The number of alkyl halides is 1. The quantitative estimate of drug-likeness (QED) is 0.726. The first kappa shape index (κ1) is 12.1. The molecule has 0 N–H and O–H groups in total. The number of pyridine rings is 1. The zero-order valence-corrected chi connectivity index (χ0v) is 9.88. The van der Waals surface area contributed by atoms with Gasteiger partial charge in [-0.1, -0.05) is 6.92 Å². The van der Waals surface area contributed by atoms with E-state index in [-0.39, 0.29) is 5.43 Å². The van der Waals surface area contributed by atoms with Gasteiger partial charge in [-0.05, 0) is 13.3 Å². The van der Waals surface area contributed by atoms with Crippen LogP contribution in [0.1, 0.15) is 26.0 Å². The molecule has 0 saturated carbocycles. The van der Waals surface area contributed by atoms with E-state index in [1.165, 1.54) is 0 Å². The van der Waals surface area contributed by atoms with Crippen LogP contribution in [-0.4, -0.2) is 11.2 Å². The molecule has 0 fully saturated rings. The van der Waals surface area contributed by atoms with Gasteiger partial charge in [-0.25, -0.2) is 0 Å². The summed E-state index contributed by atoms with van der Waals surface area (Å²) >= 11 is 5.74. The van der Waals surface area contributed by atoms with Gasteiger partial charge in [-0.3, -0.25) is 4.79 Å². The Bertz CT molecular complexity index is 373. The summed E-state index contributed by atoms with van der Waals surface area (Å²) < 4.78 is 7.28. The molecule has 0 saturated heterocycles. The average Bonchev–Trinajstić information content (AvgIpc) is 2.27. The number of ether oxygens (including phenoxy) is 1. The van der Waals surface area contributed by atoms with Crippen LogP contribution in [0.4, 0.5) is 0 Å². The first-order valence-corrected chi connectivity index (χ1v) is 5.68. The minimum Gasteiger partial charge on any atom is -0.488 e. The highest BCUT2D eigenvalue weighted by Gasteiger charge is 2.05. The number of halogens is 1. The molecule has 0 radical (unpaired) electrons. The van der Waals surface area contributed by atoms with E-state index in [4.69, 9.17) is 16.3 Å². The van der Waals surface area contributed by atoms with Crippen LogP contribution in [0.5, 0.6) is 5.75 Å². The van der Waals surface area contributed by atoms with E-state index in [0.717, 1.165) is 18.7 Å². The molecule has 0 aromatic carbocycles. The Morgan fingerprint density at radius 2 is 2.20 bits per heavy atom. The Balaban J connectivity index is 3.03. The van der Waals surface area contributed by atoms with Crippen molar-refractivity contribution in [3.8, 4) is 5.75 Å². The van der Waals surface area contributed by atoms with Crippen LogP contribution in [0.15, 0.2) is 17.1 Å². The van der Waals surface area contributed by atoms with E-state index >= 15 is 0 Å². The Labute approximate surface area is 94.6 Å². The predicted molar refractivity (Wildman–Crippen MR) is 61.7 cm³/mol. The molecule has 0 aliphatic rings. The van der Waals surface area contributed by atoms with Crippen molar-refractivity contribution in [1.29, 1.82) is 0 Å². The summed E-state index contributed by atoms with van der Waals surface area (Å²) in [5, 5.41) is 0. The molecule has 4 heteroatoms. The van der Waals surface area contributed by atoms with Crippen LogP contribution in [0.2, 0.25) is 0 Å². The molecule has 1 aromatic rings. The highest BCUT2D eigenvalue weighted by atomic mass is 35.5. The second-order valence-corrected chi connectivity index (χ2v) is 3.53. The Morgan fingerprint density at radius 3 is 2.73 bits per heavy atom. The number of nitrogens with zero attached hydrogens (tertiary/aromatic N) is 1. The third-order valence-corrected chi connectivity index (χ3v) is 2.40. The van der Waals surface area contributed by atoms with Crippen LogP contribution in [-0.2, 0) is 12.4 Å². The molecule has 0 aliphatic heterocycles. The molecule has 3 nitrogen and oxygen atoms in total. The summed E-state index contributed by atoms with van der Waals surface area (Å²) in [4.78, 5) is 11.6. The third kappa shape index (κ3) is 2.99. The lowest BCUT2D eigenvalue weighted by molar-refractivity contribution is 0.311. The van der Waals surface area contributed by atoms with E-state index in [9.17, 15) is 4.79 Å². The van der Waals surface area contributed by atoms with E-state index in [1.807, 2.05) is 18.4 Å². The van der Waals surface area contributed by atoms with Gasteiger partial charge in [0.2, 0.25) is 5.43 Å². The van der Waals surface area contributed by atoms with Crippen molar-refractivity contribution in [1.82, 2.24) is 4.57 Å². The summed E-state index contributed by atoms with van der Waals surface area (Å²) in [5.74, 6) is 0.754. The number of hydrogen-bond acceptors (Lipinski definition) is 2. The molecule has 0 spiro atoms. The monoisotopic (exact) mass is 229 g/mol. The van der Waals surface area contributed by atoms with Crippen LogP contribution in [0, 0.1) is 0 Å². The summed E-state index contributed by atoms with van der Waals surface area (Å²) in [6.45, 7) is 5.36. The molecule has 1 aromatic heterocycles. The van der Waals surface area contributed by atoms with Crippen molar-refractivity contribution >= 4 is 11.6 Å². The zero-order chi connectivity index (χ0) is 11.3. The summed E-state index contributed by atoms with van der Waals surface area (Å²) in [6, 6.07) is 1.54. The SMILES string of the molecule is CCCOc1cn(CC)c(CCl)cc1=O. The number of hydrogen-bond donors (Lipinski definition) is 0. The minimum absolute atomic E-state index is 0.0937. The molecular formula is C11H16ClNO2. The van der Waals surface area contributed by atoms with E-state index in [2.05, 4.69) is 0 Å². The summed E-state index contributed by atoms with van der Waals surface area (Å²) in [5.41, 5.74) is 0.733. The third-order valence-electron chi connectivity index (χ3n) is 2.12. The lowest BCUT2D eigenvalue weighted by Gasteiger charge is -2.11. The standard InChI is InChI=1S/C11H16ClNO2/c1-3-5-15-11-8-13(4-2)9(7-12)6-10(11)14/h6,8H,3-5,7H2,1-2H3. The predicted octanol–water partition coefficient (Wildman–Crippen LogP) is 2.40. The highest BCUT2D eigenvalue weighted by Crippen LogP contribution is 2.09. The molecule has 1 heterocycles. The van der Waals surface area contributed by atoms with Gasteiger partial charge in [0.25, 0.3) is 0 Å². The number of aryl methyl sites for hydroxylation is 1. The second kappa shape index (κ2) is 5.81. The highest BCUT2D eigenvalue weighted by molar-refractivity contribution is 6.16. The van der Waals surface area contributed by atoms with Gasteiger partial charge in [-0.15, -0.1) is 11.6 Å². The van der Waals surface area contributed by atoms with Crippen molar-refractivity contribution in [2.24, 2.45) is 0 Å². The van der Waals surface area contributed by atoms with Crippen molar-refractivity contribution in [2.45, 2.75) is 32.7 Å². The van der Waals surface area contributed by atoms with Crippen molar-refractivity contribution in [3.05, 3.63) is 28.2 Å². The molecule has 0 atom stereocenters. The van der Waals surface area contributed by atoms with Gasteiger partial charge in [-0.2, -0.15) is 0 Å². The largest absolute Gasteiger partial charge is 0.488 e. The molecular weight excluding hydrogens is 214 g/mol. The molecule has 15 heavy (non-hydrogen) atoms. The fourth-order valence-electron chi connectivity index (χ4n) is 1.32. The van der Waals surface area contributed by atoms with Crippen molar-refractivity contribution < 1.29 is 4.74 Å². The van der Waals surface area contributed by atoms with Crippen LogP contribution < -0.4 is 10.2 Å². The summed E-state index contributed by atoms with van der Waals surface area (Å²) in [6.07, 6.45) is 2.62. The van der Waals surface area contributed by atoms with E-state index in [0.29, 0.717) is 18.2 Å². The topological polar surface area (TPSA) is 31.2 Å². The Hall–Kier alpha value is -0.960. The number of rotatable bonds is 5. The molecule has 84 valence electrons. The molecule has 0 unspecified atom stereocenters. The van der Waals surface area contributed by atoms with Crippen LogP contribution >= 0.6 is 11.6 Å². The molecule has 1 rings (SSSR count). The Kier molecular flexibility index (Phi) is 4.69. The maximum Gasteiger partial charge on any atom is 0.223 e. The maximum atomic E-state index is 11.6. The second-order valence-electron chi connectivity index (χ2n) is 3.26. The molecule has 0 amide bonds. The number of aromatic nitrogens is 1. The molecule has 0 bridgehead atoms. The van der Waals surface area contributed by atoms with Crippen molar-refractivity contribution in [3.63, 3.8) is 0 Å². The van der Waals surface area contributed by atoms with Gasteiger partial charge in [0.15, 0.2) is 5.75 Å².